The SMILES string of the molecule is CC(=O)Oc1ccc(-c2cccc3ccccc23)cc1. The number of benzene rings is 3. The number of rotatable bonds is 2. The van der Waals surface area contributed by atoms with Gasteiger partial charge in [-0.15, -0.1) is 0 Å². The van der Waals surface area contributed by atoms with Crippen molar-refractivity contribution < 1.29 is 9.53 Å². The Morgan fingerprint density at radius 2 is 1.55 bits per heavy atom. The summed E-state index contributed by atoms with van der Waals surface area (Å²) < 4.78 is 5.05. The van der Waals surface area contributed by atoms with E-state index in [4.69, 9.17) is 4.74 Å². The highest BCUT2D eigenvalue weighted by atomic mass is 16.5. The summed E-state index contributed by atoms with van der Waals surface area (Å²) in [4.78, 5) is 10.9. The Morgan fingerprint density at radius 3 is 2.30 bits per heavy atom. The molecule has 0 unspecified atom stereocenters. The van der Waals surface area contributed by atoms with Gasteiger partial charge in [0, 0.05) is 6.92 Å². The van der Waals surface area contributed by atoms with Gasteiger partial charge in [0.15, 0.2) is 0 Å². The van der Waals surface area contributed by atoms with Gasteiger partial charge in [0.2, 0.25) is 0 Å². The average molecular weight is 262 g/mol. The molecule has 0 bridgehead atoms. The third-order valence-corrected chi connectivity index (χ3v) is 3.22. The van der Waals surface area contributed by atoms with Gasteiger partial charge >= 0.3 is 5.97 Å². The molecule has 98 valence electrons. The number of hydrogen-bond acceptors (Lipinski definition) is 2. The minimum Gasteiger partial charge on any atom is -0.427 e. The van der Waals surface area contributed by atoms with Crippen LogP contribution in [0.2, 0.25) is 0 Å². The van der Waals surface area contributed by atoms with Crippen molar-refractivity contribution in [1.82, 2.24) is 0 Å². The highest BCUT2D eigenvalue weighted by Gasteiger charge is 2.04. The van der Waals surface area contributed by atoms with Crippen LogP contribution in [-0.2, 0) is 4.79 Å². The lowest BCUT2D eigenvalue weighted by Crippen LogP contribution is -2.00. The Kier molecular flexibility index (Phi) is 3.21. The standard InChI is InChI=1S/C18H14O2/c1-13(19)20-16-11-9-15(10-12-16)18-8-4-6-14-5-2-3-7-17(14)18/h2-12H,1H3. The molecule has 0 atom stereocenters. The van der Waals surface area contributed by atoms with Crippen LogP contribution in [0.25, 0.3) is 21.9 Å². The molecule has 0 aliphatic carbocycles. The van der Waals surface area contributed by atoms with E-state index in [1.807, 2.05) is 36.4 Å². The van der Waals surface area contributed by atoms with Gasteiger partial charge in [-0.25, -0.2) is 0 Å². The normalized spacial score (nSPS) is 10.4. The van der Waals surface area contributed by atoms with Crippen molar-refractivity contribution in [3.63, 3.8) is 0 Å². The number of carbonyl (C=O) groups is 1. The zero-order valence-corrected chi connectivity index (χ0v) is 11.2. The van der Waals surface area contributed by atoms with Crippen LogP contribution in [0.5, 0.6) is 5.75 Å². The van der Waals surface area contributed by atoms with Gasteiger partial charge in [-0.1, -0.05) is 54.6 Å². The van der Waals surface area contributed by atoms with E-state index in [0.29, 0.717) is 5.75 Å². The summed E-state index contributed by atoms with van der Waals surface area (Å²) in [5.41, 5.74) is 2.29. The Labute approximate surface area is 117 Å². The third kappa shape index (κ3) is 2.41. The van der Waals surface area contributed by atoms with E-state index < -0.39 is 0 Å². The van der Waals surface area contributed by atoms with Gasteiger partial charge in [0.25, 0.3) is 0 Å². The molecule has 0 aromatic heterocycles. The zero-order chi connectivity index (χ0) is 13.9. The highest BCUT2D eigenvalue weighted by Crippen LogP contribution is 2.29. The molecule has 0 fully saturated rings. The molecule has 3 aromatic carbocycles. The van der Waals surface area contributed by atoms with Crippen LogP contribution in [0.4, 0.5) is 0 Å². The van der Waals surface area contributed by atoms with Crippen LogP contribution in [0.3, 0.4) is 0 Å². The van der Waals surface area contributed by atoms with Crippen LogP contribution in [0.15, 0.2) is 66.7 Å². The quantitative estimate of drug-likeness (QED) is 0.504. The summed E-state index contributed by atoms with van der Waals surface area (Å²) in [6.45, 7) is 1.40. The average Bonchev–Trinajstić information content (AvgIpc) is 2.47. The smallest absolute Gasteiger partial charge is 0.308 e. The zero-order valence-electron chi connectivity index (χ0n) is 11.2. The minimum atomic E-state index is -0.303. The molecule has 0 aliphatic rings. The highest BCUT2D eigenvalue weighted by molar-refractivity contribution is 5.96. The van der Waals surface area contributed by atoms with Crippen molar-refractivity contribution in [3.8, 4) is 16.9 Å². The van der Waals surface area contributed by atoms with E-state index in [-0.39, 0.29) is 5.97 Å². The van der Waals surface area contributed by atoms with Crippen molar-refractivity contribution >= 4 is 16.7 Å². The molecule has 0 saturated heterocycles. The Hall–Kier alpha value is -2.61. The van der Waals surface area contributed by atoms with Gasteiger partial charge in [0.1, 0.15) is 5.75 Å². The largest absolute Gasteiger partial charge is 0.427 e. The van der Waals surface area contributed by atoms with E-state index >= 15 is 0 Å². The van der Waals surface area contributed by atoms with E-state index in [1.54, 1.807) is 0 Å². The Bertz CT molecular complexity index is 752. The molecule has 0 spiro atoms. The third-order valence-electron chi connectivity index (χ3n) is 3.22. The van der Waals surface area contributed by atoms with E-state index in [1.165, 1.54) is 23.3 Å². The van der Waals surface area contributed by atoms with E-state index in [0.717, 1.165) is 5.56 Å². The topological polar surface area (TPSA) is 26.3 Å². The van der Waals surface area contributed by atoms with Crippen LogP contribution < -0.4 is 4.74 Å². The molecule has 20 heavy (non-hydrogen) atoms. The van der Waals surface area contributed by atoms with Crippen LogP contribution in [-0.4, -0.2) is 5.97 Å². The van der Waals surface area contributed by atoms with Crippen molar-refractivity contribution in [2.75, 3.05) is 0 Å². The maximum absolute atomic E-state index is 10.9. The van der Waals surface area contributed by atoms with Crippen molar-refractivity contribution in [1.29, 1.82) is 0 Å². The molecular formula is C18H14O2. The van der Waals surface area contributed by atoms with Crippen LogP contribution in [0, 0.1) is 0 Å². The maximum Gasteiger partial charge on any atom is 0.308 e. The number of ether oxygens (including phenoxy) is 1. The monoisotopic (exact) mass is 262 g/mol. The first-order valence-electron chi connectivity index (χ1n) is 6.51. The fraction of sp³-hybridized carbons (Fsp3) is 0.0556. The predicted molar refractivity (Wildman–Crippen MR) is 80.7 cm³/mol. The predicted octanol–water partition coefficient (Wildman–Crippen LogP) is 4.43. The first-order chi connectivity index (χ1) is 9.74. The molecule has 0 N–H and O–H groups in total. The van der Waals surface area contributed by atoms with Gasteiger partial charge in [-0.3, -0.25) is 4.79 Å². The summed E-state index contributed by atoms with van der Waals surface area (Å²) in [7, 11) is 0. The second-order valence-electron chi connectivity index (χ2n) is 4.64. The molecule has 3 rings (SSSR count). The maximum atomic E-state index is 10.9. The molecular weight excluding hydrogens is 248 g/mol. The van der Waals surface area contributed by atoms with Crippen LogP contribution in [0.1, 0.15) is 6.92 Å². The Morgan fingerprint density at radius 1 is 0.850 bits per heavy atom. The first kappa shape index (κ1) is 12.4. The fourth-order valence-electron chi connectivity index (χ4n) is 2.35. The van der Waals surface area contributed by atoms with E-state index in [2.05, 4.69) is 30.3 Å². The van der Waals surface area contributed by atoms with Gasteiger partial charge < -0.3 is 4.74 Å². The summed E-state index contributed by atoms with van der Waals surface area (Å²) in [6, 6.07) is 22.1. The van der Waals surface area contributed by atoms with Crippen molar-refractivity contribution in [2.24, 2.45) is 0 Å². The molecule has 2 heteroatoms. The molecule has 0 saturated carbocycles. The van der Waals surface area contributed by atoms with Gasteiger partial charge in [-0.05, 0) is 34.0 Å². The van der Waals surface area contributed by atoms with Crippen molar-refractivity contribution in [2.45, 2.75) is 6.92 Å². The summed E-state index contributed by atoms with van der Waals surface area (Å²) in [6.07, 6.45) is 0. The lowest BCUT2D eigenvalue weighted by atomic mass is 9.98. The molecule has 0 heterocycles. The number of hydrogen-bond donors (Lipinski definition) is 0. The lowest BCUT2D eigenvalue weighted by molar-refractivity contribution is -0.131. The van der Waals surface area contributed by atoms with E-state index in [9.17, 15) is 4.79 Å². The van der Waals surface area contributed by atoms with Crippen molar-refractivity contribution in [3.05, 3.63) is 66.7 Å². The second kappa shape index (κ2) is 5.17. The molecule has 3 aromatic rings. The van der Waals surface area contributed by atoms with Gasteiger partial charge in [0.05, 0.1) is 0 Å². The molecule has 0 radical (unpaired) electrons. The summed E-state index contributed by atoms with van der Waals surface area (Å²) in [5.74, 6) is 0.268. The number of carbonyl (C=O) groups excluding carboxylic acids is 1. The van der Waals surface area contributed by atoms with Crippen LogP contribution >= 0.6 is 0 Å². The molecule has 2 nitrogen and oxygen atoms in total. The summed E-state index contributed by atoms with van der Waals surface area (Å²) in [5, 5.41) is 2.43. The Balaban J connectivity index is 2.05. The lowest BCUT2D eigenvalue weighted by Gasteiger charge is -2.08. The number of esters is 1. The molecule has 0 amide bonds. The fourth-order valence-corrected chi connectivity index (χ4v) is 2.35. The molecule has 0 aliphatic heterocycles. The number of fused-ring (bicyclic) bond motifs is 1. The summed E-state index contributed by atoms with van der Waals surface area (Å²) >= 11 is 0. The second-order valence-corrected chi connectivity index (χ2v) is 4.64. The first-order valence-corrected chi connectivity index (χ1v) is 6.51. The van der Waals surface area contributed by atoms with Gasteiger partial charge in [-0.2, -0.15) is 0 Å². The minimum absolute atomic E-state index is 0.303.